The maximum atomic E-state index is 12.5. The van der Waals surface area contributed by atoms with Gasteiger partial charge in [-0.3, -0.25) is 14.2 Å². The summed E-state index contributed by atoms with van der Waals surface area (Å²) < 4.78 is 6.87. The van der Waals surface area contributed by atoms with Crippen molar-refractivity contribution < 1.29 is 9.32 Å². The number of hydrogen-bond acceptors (Lipinski definition) is 6. The molecule has 5 rings (SSSR count). The first-order chi connectivity index (χ1) is 14.7. The predicted octanol–water partition coefficient (Wildman–Crippen LogP) is 2.46. The number of nitrogens with zero attached hydrogens (tertiary/aromatic N) is 5. The zero-order chi connectivity index (χ0) is 20.5. The third kappa shape index (κ3) is 3.36. The average molecular weight is 401 g/mol. The molecule has 30 heavy (non-hydrogen) atoms. The summed E-state index contributed by atoms with van der Waals surface area (Å²) in [6.07, 6.45) is 1.74. The predicted molar refractivity (Wildman–Crippen MR) is 110 cm³/mol. The minimum Gasteiger partial charge on any atom is -0.341 e. The molecule has 150 valence electrons. The molecular weight excluding hydrogens is 382 g/mol. The van der Waals surface area contributed by atoms with Gasteiger partial charge in [0.15, 0.2) is 0 Å². The van der Waals surface area contributed by atoms with E-state index >= 15 is 0 Å². The number of carbonyl (C=O) groups is 1. The molecule has 1 fully saturated rings. The fourth-order valence-electron chi connectivity index (χ4n) is 3.58. The molecule has 0 atom stereocenters. The van der Waals surface area contributed by atoms with Crippen LogP contribution in [0, 0.1) is 0 Å². The summed E-state index contributed by atoms with van der Waals surface area (Å²) in [5.41, 5.74) is 1.42. The van der Waals surface area contributed by atoms with Crippen molar-refractivity contribution in [2.75, 3.05) is 13.1 Å². The third-order valence-corrected chi connectivity index (χ3v) is 5.36. The smallest absolute Gasteiger partial charge is 0.261 e. The number of rotatable bonds is 5. The number of hydrogen-bond donors (Lipinski definition) is 0. The van der Waals surface area contributed by atoms with Crippen LogP contribution >= 0.6 is 0 Å². The van der Waals surface area contributed by atoms with Crippen LogP contribution in [-0.4, -0.2) is 43.6 Å². The molecule has 1 aliphatic rings. The molecule has 8 nitrogen and oxygen atoms in total. The Kier molecular flexibility index (Phi) is 4.59. The zero-order valence-electron chi connectivity index (χ0n) is 16.1. The van der Waals surface area contributed by atoms with Crippen LogP contribution in [0.15, 0.2) is 70.2 Å². The van der Waals surface area contributed by atoms with Crippen molar-refractivity contribution in [2.45, 2.75) is 18.9 Å². The maximum absolute atomic E-state index is 12.5. The lowest BCUT2D eigenvalue weighted by atomic mass is 9.99. The summed E-state index contributed by atoms with van der Waals surface area (Å²) in [7, 11) is 0. The number of benzene rings is 2. The molecule has 0 bridgehead atoms. The van der Waals surface area contributed by atoms with E-state index in [-0.39, 0.29) is 23.8 Å². The van der Waals surface area contributed by atoms with Gasteiger partial charge in [-0.05, 0) is 12.1 Å². The molecular formula is C22H19N5O3. The van der Waals surface area contributed by atoms with Crippen LogP contribution in [-0.2, 0) is 11.3 Å². The van der Waals surface area contributed by atoms with Gasteiger partial charge in [-0.25, -0.2) is 4.98 Å². The lowest BCUT2D eigenvalue weighted by Gasteiger charge is -2.37. The van der Waals surface area contributed by atoms with Crippen LogP contribution in [0.5, 0.6) is 0 Å². The fraction of sp³-hybridized carbons (Fsp3) is 0.227. The Hall–Kier alpha value is -3.81. The first-order valence-electron chi connectivity index (χ1n) is 9.80. The number of likely N-dealkylation sites (tertiary alicyclic amines) is 1. The van der Waals surface area contributed by atoms with Gasteiger partial charge >= 0.3 is 0 Å². The van der Waals surface area contributed by atoms with Gasteiger partial charge in [0.1, 0.15) is 0 Å². The van der Waals surface area contributed by atoms with Gasteiger partial charge in [0.05, 0.1) is 23.1 Å². The molecule has 0 N–H and O–H groups in total. The van der Waals surface area contributed by atoms with Gasteiger partial charge in [-0.15, -0.1) is 0 Å². The van der Waals surface area contributed by atoms with Gasteiger partial charge < -0.3 is 9.42 Å². The molecule has 0 unspecified atom stereocenters. The highest BCUT2D eigenvalue weighted by molar-refractivity contribution is 5.78. The molecule has 2 aromatic carbocycles. The van der Waals surface area contributed by atoms with Gasteiger partial charge in [0, 0.05) is 31.6 Å². The number of carbonyl (C=O) groups excluding carboxylic acids is 1. The van der Waals surface area contributed by atoms with Crippen LogP contribution in [0.2, 0.25) is 0 Å². The molecule has 1 amide bonds. The van der Waals surface area contributed by atoms with Crippen molar-refractivity contribution in [3.05, 3.63) is 77.2 Å². The third-order valence-electron chi connectivity index (χ3n) is 5.36. The van der Waals surface area contributed by atoms with Crippen LogP contribution in [0.1, 0.15) is 18.2 Å². The zero-order valence-corrected chi connectivity index (χ0v) is 16.1. The molecule has 0 aliphatic carbocycles. The Morgan fingerprint density at radius 3 is 2.67 bits per heavy atom. The lowest BCUT2D eigenvalue weighted by molar-refractivity contribution is -0.136. The van der Waals surface area contributed by atoms with E-state index in [1.165, 1.54) is 10.9 Å². The van der Waals surface area contributed by atoms with Crippen LogP contribution in [0.25, 0.3) is 22.3 Å². The van der Waals surface area contributed by atoms with Gasteiger partial charge in [0.2, 0.25) is 17.6 Å². The largest absolute Gasteiger partial charge is 0.341 e. The van der Waals surface area contributed by atoms with E-state index < -0.39 is 0 Å². The normalized spacial score (nSPS) is 14.1. The average Bonchev–Trinajstić information content (AvgIpc) is 3.23. The number of aromatic nitrogens is 4. The van der Waals surface area contributed by atoms with E-state index in [0.29, 0.717) is 42.3 Å². The highest BCUT2D eigenvalue weighted by atomic mass is 16.5. The van der Waals surface area contributed by atoms with Crippen LogP contribution in [0.4, 0.5) is 0 Å². The molecule has 1 saturated heterocycles. The summed E-state index contributed by atoms with van der Waals surface area (Å²) in [5, 5.41) is 4.59. The van der Waals surface area contributed by atoms with Crippen LogP contribution in [0.3, 0.4) is 0 Å². The summed E-state index contributed by atoms with van der Waals surface area (Å²) >= 11 is 0. The van der Waals surface area contributed by atoms with Crippen molar-refractivity contribution in [3.8, 4) is 11.4 Å². The van der Waals surface area contributed by atoms with Gasteiger partial charge in [0.25, 0.3) is 5.56 Å². The molecule has 2 aromatic heterocycles. The molecule has 8 heteroatoms. The number of para-hydroxylation sites is 1. The number of amides is 1. The SMILES string of the molecule is O=C(CCn1cnc2ccccc2c1=O)N1CC(c2nc(-c3ccccc3)no2)C1. The molecule has 0 saturated carbocycles. The van der Waals surface area contributed by atoms with E-state index in [9.17, 15) is 9.59 Å². The topological polar surface area (TPSA) is 94.1 Å². The van der Waals surface area contributed by atoms with Crippen molar-refractivity contribution in [1.29, 1.82) is 0 Å². The van der Waals surface area contributed by atoms with E-state index in [1.807, 2.05) is 42.5 Å². The summed E-state index contributed by atoms with van der Waals surface area (Å²) in [6.45, 7) is 1.38. The van der Waals surface area contributed by atoms with E-state index in [1.54, 1.807) is 17.0 Å². The molecule has 3 heterocycles. The minimum atomic E-state index is -0.130. The second-order valence-electron chi connectivity index (χ2n) is 7.33. The standard InChI is InChI=1S/C22H19N5O3/c28-19(10-11-26-14-23-18-9-5-4-8-17(18)22(26)29)27-12-16(13-27)21-24-20(25-30-21)15-6-2-1-3-7-15/h1-9,14,16H,10-13H2. The molecule has 1 aliphatic heterocycles. The molecule has 4 aromatic rings. The first kappa shape index (κ1) is 18.2. The Balaban J connectivity index is 1.18. The minimum absolute atomic E-state index is 0.00546. The van der Waals surface area contributed by atoms with Crippen LogP contribution < -0.4 is 5.56 Å². The second-order valence-corrected chi connectivity index (χ2v) is 7.33. The first-order valence-corrected chi connectivity index (χ1v) is 9.80. The quantitative estimate of drug-likeness (QED) is 0.510. The Morgan fingerprint density at radius 1 is 1.07 bits per heavy atom. The Labute approximate surface area is 171 Å². The van der Waals surface area contributed by atoms with Crippen molar-refractivity contribution in [1.82, 2.24) is 24.6 Å². The fourth-order valence-corrected chi connectivity index (χ4v) is 3.58. The van der Waals surface area contributed by atoms with Crippen molar-refractivity contribution in [3.63, 3.8) is 0 Å². The highest BCUT2D eigenvalue weighted by Crippen LogP contribution is 2.28. The van der Waals surface area contributed by atoms with E-state index in [0.717, 1.165) is 5.56 Å². The molecule has 0 radical (unpaired) electrons. The maximum Gasteiger partial charge on any atom is 0.261 e. The van der Waals surface area contributed by atoms with Gasteiger partial charge in [-0.2, -0.15) is 4.98 Å². The molecule has 0 spiro atoms. The number of fused-ring (bicyclic) bond motifs is 1. The monoisotopic (exact) mass is 401 g/mol. The summed E-state index contributed by atoms with van der Waals surface area (Å²) in [4.78, 5) is 35.5. The summed E-state index contributed by atoms with van der Waals surface area (Å²) in [5.74, 6) is 1.14. The van der Waals surface area contributed by atoms with E-state index in [4.69, 9.17) is 4.52 Å². The Bertz CT molecular complexity index is 1260. The highest BCUT2D eigenvalue weighted by Gasteiger charge is 2.35. The Morgan fingerprint density at radius 2 is 1.83 bits per heavy atom. The second kappa shape index (κ2) is 7.55. The van der Waals surface area contributed by atoms with Gasteiger partial charge in [-0.1, -0.05) is 47.6 Å². The van der Waals surface area contributed by atoms with E-state index in [2.05, 4.69) is 15.1 Å². The van der Waals surface area contributed by atoms with Crippen molar-refractivity contribution >= 4 is 16.8 Å². The summed E-state index contributed by atoms with van der Waals surface area (Å²) in [6, 6.07) is 16.8. The lowest BCUT2D eigenvalue weighted by Crippen LogP contribution is -2.48. The van der Waals surface area contributed by atoms with Crippen molar-refractivity contribution in [2.24, 2.45) is 0 Å². The number of aryl methyl sites for hydroxylation is 1.